The first-order valence-electron chi connectivity index (χ1n) is 4.39. The fourth-order valence-corrected chi connectivity index (χ4v) is 3.25. The Hall–Kier alpha value is 0.730. The van der Waals surface area contributed by atoms with Gasteiger partial charge in [0.15, 0.2) is 0 Å². The Morgan fingerprint density at radius 2 is 1.90 bits per heavy atom. The Labute approximate surface area is 77.9 Å². The molecular weight excluding hydrogens is 235 g/mol. The van der Waals surface area contributed by atoms with E-state index in [1.165, 1.54) is 43.0 Å². The van der Waals surface area contributed by atoms with Crippen molar-refractivity contribution in [1.82, 2.24) is 0 Å². The molecule has 0 heterocycles. The largest absolute Gasteiger partial charge is 0.0864 e. The molecule has 60 valence electrons. The molecule has 0 aliphatic heterocycles. The topological polar surface area (TPSA) is 0 Å². The van der Waals surface area contributed by atoms with Crippen molar-refractivity contribution in [3.63, 3.8) is 0 Å². The van der Waals surface area contributed by atoms with Crippen LogP contribution in [0.5, 0.6) is 0 Å². The maximum Gasteiger partial charge on any atom is 0.0000554 e. The van der Waals surface area contributed by atoms with E-state index in [-0.39, 0.29) is 0 Å². The third kappa shape index (κ3) is 1.86. The van der Waals surface area contributed by atoms with Gasteiger partial charge >= 0.3 is 0 Å². The van der Waals surface area contributed by atoms with Crippen molar-refractivity contribution >= 4 is 22.6 Å². The molecular formula is C9H17I. The summed E-state index contributed by atoms with van der Waals surface area (Å²) in [5.74, 6) is 0. The van der Waals surface area contributed by atoms with Crippen molar-refractivity contribution in [2.24, 2.45) is 5.41 Å². The maximum atomic E-state index is 2.51. The monoisotopic (exact) mass is 252 g/mol. The van der Waals surface area contributed by atoms with Gasteiger partial charge in [-0.05, 0) is 24.7 Å². The molecule has 0 radical (unpaired) electrons. The Kier molecular flexibility index (Phi) is 3.47. The highest BCUT2D eigenvalue weighted by atomic mass is 127. The Morgan fingerprint density at radius 3 is 2.30 bits per heavy atom. The van der Waals surface area contributed by atoms with Gasteiger partial charge in [-0.2, -0.15) is 0 Å². The lowest BCUT2D eigenvalue weighted by molar-refractivity contribution is 0.277. The second kappa shape index (κ2) is 3.93. The zero-order chi connectivity index (χ0) is 7.45. The molecule has 0 spiro atoms. The molecule has 1 aliphatic carbocycles. The van der Waals surface area contributed by atoms with Crippen LogP contribution in [0.15, 0.2) is 0 Å². The van der Waals surface area contributed by atoms with Crippen LogP contribution in [-0.2, 0) is 0 Å². The number of hydrogen-bond donors (Lipinski definition) is 0. The first-order chi connectivity index (χ1) is 4.83. The zero-order valence-corrected chi connectivity index (χ0v) is 8.99. The molecule has 1 saturated carbocycles. The summed E-state index contributed by atoms with van der Waals surface area (Å²) in [5.41, 5.74) is 0.779. The van der Waals surface area contributed by atoms with Gasteiger partial charge in [-0.15, -0.1) is 0 Å². The van der Waals surface area contributed by atoms with Crippen LogP contribution in [0.3, 0.4) is 0 Å². The van der Waals surface area contributed by atoms with E-state index in [0.717, 1.165) is 5.41 Å². The van der Waals surface area contributed by atoms with E-state index in [2.05, 4.69) is 29.5 Å². The second-order valence-electron chi connectivity index (χ2n) is 3.50. The van der Waals surface area contributed by atoms with E-state index in [0.29, 0.717) is 0 Å². The minimum Gasteiger partial charge on any atom is -0.0864 e. The average Bonchev–Trinajstić information content (AvgIpc) is 2.39. The summed E-state index contributed by atoms with van der Waals surface area (Å²) in [6.07, 6.45) is 8.87. The van der Waals surface area contributed by atoms with Gasteiger partial charge in [-0.25, -0.2) is 0 Å². The zero-order valence-electron chi connectivity index (χ0n) is 6.83. The first-order valence-corrected chi connectivity index (χ1v) is 5.91. The number of rotatable bonds is 3. The van der Waals surface area contributed by atoms with Gasteiger partial charge in [-0.3, -0.25) is 0 Å². The van der Waals surface area contributed by atoms with Gasteiger partial charge < -0.3 is 0 Å². The van der Waals surface area contributed by atoms with Crippen molar-refractivity contribution in [2.45, 2.75) is 45.4 Å². The molecule has 0 nitrogen and oxygen atoms in total. The molecule has 0 aromatic rings. The summed E-state index contributed by atoms with van der Waals surface area (Å²) in [6, 6.07) is 0. The number of hydrogen-bond acceptors (Lipinski definition) is 0. The molecule has 1 rings (SSSR count). The molecule has 10 heavy (non-hydrogen) atoms. The van der Waals surface area contributed by atoms with Crippen LogP contribution in [0, 0.1) is 5.41 Å². The van der Waals surface area contributed by atoms with Crippen molar-refractivity contribution in [2.75, 3.05) is 4.43 Å². The van der Waals surface area contributed by atoms with Crippen LogP contribution in [-0.4, -0.2) is 4.43 Å². The van der Waals surface area contributed by atoms with Crippen LogP contribution in [0.4, 0.5) is 0 Å². The predicted octanol–water partition coefficient (Wildman–Crippen LogP) is 3.78. The van der Waals surface area contributed by atoms with Gasteiger partial charge in [0.2, 0.25) is 0 Å². The van der Waals surface area contributed by atoms with Gasteiger partial charge in [0.25, 0.3) is 0 Å². The van der Waals surface area contributed by atoms with E-state index in [1.54, 1.807) is 0 Å². The van der Waals surface area contributed by atoms with Crippen molar-refractivity contribution in [3.8, 4) is 0 Å². The maximum absolute atomic E-state index is 2.51. The van der Waals surface area contributed by atoms with E-state index < -0.39 is 0 Å². The normalized spacial score (nSPS) is 23.4. The third-order valence-electron chi connectivity index (χ3n) is 3.04. The average molecular weight is 252 g/mol. The van der Waals surface area contributed by atoms with Crippen LogP contribution in [0.25, 0.3) is 0 Å². The van der Waals surface area contributed by atoms with E-state index in [1.807, 2.05) is 0 Å². The molecule has 0 bridgehead atoms. The molecule has 1 aliphatic rings. The summed E-state index contributed by atoms with van der Waals surface area (Å²) in [6.45, 7) is 2.36. The molecule has 0 amide bonds. The summed E-state index contributed by atoms with van der Waals surface area (Å²) in [4.78, 5) is 0. The van der Waals surface area contributed by atoms with Crippen LogP contribution in [0.2, 0.25) is 0 Å². The lowest BCUT2D eigenvalue weighted by atomic mass is 9.81. The highest BCUT2D eigenvalue weighted by molar-refractivity contribution is 14.1. The molecule has 1 heteroatoms. The molecule has 0 unspecified atom stereocenters. The fourth-order valence-electron chi connectivity index (χ4n) is 2.11. The van der Waals surface area contributed by atoms with Crippen molar-refractivity contribution < 1.29 is 0 Å². The fraction of sp³-hybridized carbons (Fsp3) is 1.00. The van der Waals surface area contributed by atoms with Crippen LogP contribution in [0.1, 0.15) is 45.4 Å². The minimum absolute atomic E-state index is 0.779. The Bertz CT molecular complexity index is 92.9. The molecule has 0 atom stereocenters. The SMILES string of the molecule is CCC1(CCI)CCCC1. The predicted molar refractivity (Wildman–Crippen MR) is 54.7 cm³/mol. The quantitative estimate of drug-likeness (QED) is 0.529. The smallest absolute Gasteiger partial charge is 0.0000554 e. The van der Waals surface area contributed by atoms with Crippen LogP contribution < -0.4 is 0 Å². The Morgan fingerprint density at radius 1 is 1.30 bits per heavy atom. The lowest BCUT2D eigenvalue weighted by Gasteiger charge is -2.26. The highest BCUT2D eigenvalue weighted by Gasteiger charge is 2.30. The minimum atomic E-state index is 0.779. The van der Waals surface area contributed by atoms with Gasteiger partial charge in [0.05, 0.1) is 0 Å². The van der Waals surface area contributed by atoms with Gasteiger partial charge in [-0.1, -0.05) is 48.8 Å². The third-order valence-corrected chi connectivity index (χ3v) is 3.58. The van der Waals surface area contributed by atoms with Crippen molar-refractivity contribution in [1.29, 1.82) is 0 Å². The standard InChI is InChI=1S/C9H17I/c1-2-9(7-8-10)5-3-4-6-9/h2-8H2,1H3. The molecule has 0 N–H and O–H groups in total. The van der Waals surface area contributed by atoms with Gasteiger partial charge in [0, 0.05) is 4.43 Å². The summed E-state index contributed by atoms with van der Waals surface area (Å²) >= 11 is 2.51. The van der Waals surface area contributed by atoms with Crippen molar-refractivity contribution in [3.05, 3.63) is 0 Å². The van der Waals surface area contributed by atoms with Gasteiger partial charge in [0.1, 0.15) is 0 Å². The Balaban J connectivity index is 2.41. The van der Waals surface area contributed by atoms with Crippen LogP contribution >= 0.6 is 22.6 Å². The molecule has 0 aromatic carbocycles. The summed E-state index contributed by atoms with van der Waals surface area (Å²) in [5, 5.41) is 0. The summed E-state index contributed by atoms with van der Waals surface area (Å²) < 4.78 is 1.35. The highest BCUT2D eigenvalue weighted by Crippen LogP contribution is 2.43. The second-order valence-corrected chi connectivity index (χ2v) is 4.58. The van der Waals surface area contributed by atoms with E-state index in [9.17, 15) is 0 Å². The number of alkyl halides is 1. The first kappa shape index (κ1) is 8.82. The molecule has 0 saturated heterocycles. The summed E-state index contributed by atoms with van der Waals surface area (Å²) in [7, 11) is 0. The lowest BCUT2D eigenvalue weighted by Crippen LogP contribution is -2.14. The van der Waals surface area contributed by atoms with E-state index >= 15 is 0 Å². The number of halogens is 1. The van der Waals surface area contributed by atoms with E-state index in [4.69, 9.17) is 0 Å². The molecule has 1 fully saturated rings. The molecule has 0 aromatic heterocycles.